The van der Waals surface area contributed by atoms with Gasteiger partial charge in [0.1, 0.15) is 11.9 Å². The molecule has 4 aliphatic rings. The Morgan fingerprint density at radius 2 is 1.80 bits per heavy atom. The second kappa shape index (κ2) is 5.52. The van der Waals surface area contributed by atoms with Crippen LogP contribution in [0.5, 0.6) is 0 Å². The van der Waals surface area contributed by atoms with E-state index in [-0.39, 0.29) is 46.4 Å². The van der Waals surface area contributed by atoms with Crippen LogP contribution in [0.25, 0.3) is 0 Å². The van der Waals surface area contributed by atoms with Crippen molar-refractivity contribution < 1.29 is 19.1 Å². The molecule has 0 aromatic heterocycles. The first-order chi connectivity index (χ1) is 11.8. The maximum atomic E-state index is 13.1. The fraction of sp³-hybridized carbons (Fsp3) is 0.762. The smallest absolute Gasteiger partial charge is 0.303 e. The number of Topliss-reactive ketones (excluding diaryl/α,β-unsaturated/α-hetero) is 1. The zero-order valence-electron chi connectivity index (χ0n) is 15.5. The fourth-order valence-corrected chi connectivity index (χ4v) is 6.58. The Labute approximate surface area is 149 Å². The Hall–Kier alpha value is -1.45. The lowest BCUT2D eigenvalue weighted by Crippen LogP contribution is -2.54. The number of hydrogen-bond donors (Lipinski definition) is 0. The minimum absolute atomic E-state index is 0.0324. The molecule has 0 spiro atoms. The molecule has 0 radical (unpaired) electrons. The van der Waals surface area contributed by atoms with E-state index in [1.807, 2.05) is 0 Å². The molecular formula is C21H28O4. The molecule has 0 heterocycles. The van der Waals surface area contributed by atoms with E-state index < -0.39 is 0 Å². The van der Waals surface area contributed by atoms with Gasteiger partial charge in [0.15, 0.2) is 5.78 Å². The molecule has 6 atom stereocenters. The molecule has 0 aromatic carbocycles. The molecule has 4 aliphatic carbocycles. The number of carbonyl (C=O) groups excluding carboxylic acids is 3. The van der Waals surface area contributed by atoms with Crippen molar-refractivity contribution in [3.05, 3.63) is 11.6 Å². The largest absolute Gasteiger partial charge is 0.458 e. The van der Waals surface area contributed by atoms with Gasteiger partial charge in [-0.15, -0.1) is 0 Å². The molecule has 0 unspecified atom stereocenters. The highest BCUT2D eigenvalue weighted by atomic mass is 16.5. The molecule has 0 bridgehead atoms. The number of ketones is 2. The lowest BCUT2D eigenvalue weighted by atomic mass is 9.47. The van der Waals surface area contributed by atoms with Crippen LogP contribution in [0.2, 0.25) is 0 Å². The van der Waals surface area contributed by atoms with Gasteiger partial charge in [0.05, 0.1) is 0 Å². The summed E-state index contributed by atoms with van der Waals surface area (Å²) in [5.74, 6) is 0.682. The van der Waals surface area contributed by atoms with Gasteiger partial charge in [-0.25, -0.2) is 0 Å². The van der Waals surface area contributed by atoms with Crippen LogP contribution in [-0.4, -0.2) is 23.6 Å². The molecule has 0 saturated heterocycles. The zero-order chi connectivity index (χ0) is 18.0. The molecule has 3 saturated carbocycles. The van der Waals surface area contributed by atoms with E-state index in [1.54, 1.807) is 6.08 Å². The number of hydrogen-bond acceptors (Lipinski definition) is 4. The van der Waals surface area contributed by atoms with Crippen molar-refractivity contribution in [1.29, 1.82) is 0 Å². The highest BCUT2D eigenvalue weighted by Crippen LogP contribution is 2.63. The zero-order valence-corrected chi connectivity index (χ0v) is 15.5. The van der Waals surface area contributed by atoms with E-state index >= 15 is 0 Å². The third-order valence-corrected chi connectivity index (χ3v) is 7.90. The van der Waals surface area contributed by atoms with Crippen molar-refractivity contribution in [2.24, 2.45) is 28.6 Å². The first kappa shape index (κ1) is 17.0. The number of ether oxygens (including phenoxy) is 1. The van der Waals surface area contributed by atoms with E-state index in [2.05, 4.69) is 13.8 Å². The van der Waals surface area contributed by atoms with Crippen LogP contribution in [0.3, 0.4) is 0 Å². The standard InChI is InChI=1S/C21H28O4/c1-12(22)25-17-5-4-9-20(2)14-8-10-21(3)13(6-7-18(21)24)19(14)16(23)11-15(17)20/h11,13-14,17,19H,4-10H2,1-3H3/t13-,14-,17-,19-,20+,21-/m0/s1. The Balaban J connectivity index is 1.74. The van der Waals surface area contributed by atoms with E-state index in [4.69, 9.17) is 4.74 Å². The Morgan fingerprint density at radius 1 is 1.08 bits per heavy atom. The highest BCUT2D eigenvalue weighted by molar-refractivity contribution is 5.97. The number of esters is 1. The predicted octanol–water partition coefficient (Wildman–Crippen LogP) is 3.63. The van der Waals surface area contributed by atoms with Crippen LogP contribution in [0.4, 0.5) is 0 Å². The van der Waals surface area contributed by atoms with E-state index in [0.29, 0.717) is 12.2 Å². The number of carbonyl (C=O) groups is 3. The maximum Gasteiger partial charge on any atom is 0.303 e. The Morgan fingerprint density at radius 3 is 2.52 bits per heavy atom. The van der Waals surface area contributed by atoms with Gasteiger partial charge in [-0.1, -0.05) is 13.8 Å². The van der Waals surface area contributed by atoms with Gasteiger partial charge in [0, 0.05) is 24.7 Å². The van der Waals surface area contributed by atoms with E-state index in [1.165, 1.54) is 6.92 Å². The first-order valence-electron chi connectivity index (χ1n) is 9.74. The van der Waals surface area contributed by atoms with Crippen LogP contribution >= 0.6 is 0 Å². The molecule has 0 N–H and O–H groups in total. The summed E-state index contributed by atoms with van der Waals surface area (Å²) in [6.45, 7) is 5.79. The van der Waals surface area contributed by atoms with Crippen LogP contribution in [0.15, 0.2) is 11.6 Å². The average molecular weight is 344 g/mol. The van der Waals surface area contributed by atoms with Crippen LogP contribution < -0.4 is 0 Å². The third kappa shape index (κ3) is 2.29. The fourth-order valence-electron chi connectivity index (χ4n) is 6.58. The van der Waals surface area contributed by atoms with Gasteiger partial charge >= 0.3 is 5.97 Å². The lowest BCUT2D eigenvalue weighted by molar-refractivity contribution is -0.150. The average Bonchev–Trinajstić information content (AvgIpc) is 2.84. The molecule has 0 aliphatic heterocycles. The topological polar surface area (TPSA) is 60.4 Å². The second-order valence-corrected chi connectivity index (χ2v) is 9.07. The lowest BCUT2D eigenvalue weighted by Gasteiger charge is -2.56. The Bertz CT molecular complexity index is 677. The van der Waals surface area contributed by atoms with Gasteiger partial charge in [0.2, 0.25) is 0 Å². The van der Waals surface area contributed by atoms with Crippen LogP contribution in [-0.2, 0) is 19.1 Å². The van der Waals surface area contributed by atoms with Crippen molar-refractivity contribution in [1.82, 2.24) is 0 Å². The molecule has 4 nitrogen and oxygen atoms in total. The number of allylic oxidation sites excluding steroid dienone is 1. The van der Waals surface area contributed by atoms with Gasteiger partial charge in [-0.05, 0) is 67.4 Å². The third-order valence-electron chi connectivity index (χ3n) is 7.90. The van der Waals surface area contributed by atoms with Crippen molar-refractivity contribution in [3.8, 4) is 0 Å². The second-order valence-electron chi connectivity index (χ2n) is 9.07. The van der Waals surface area contributed by atoms with E-state index in [0.717, 1.165) is 44.1 Å². The SMILES string of the molecule is CC(=O)O[C@H]1CCC[C@@]2(C)C1=CC(=O)[C@@H]1[C@@H]2CC[C@]2(C)C(=O)CC[C@@H]12. The van der Waals surface area contributed by atoms with E-state index in [9.17, 15) is 14.4 Å². The molecular weight excluding hydrogens is 316 g/mol. The van der Waals surface area contributed by atoms with Gasteiger partial charge in [-0.3, -0.25) is 14.4 Å². The molecule has 136 valence electrons. The molecule has 3 fully saturated rings. The minimum atomic E-state index is -0.303. The van der Waals surface area contributed by atoms with Crippen LogP contribution in [0, 0.1) is 28.6 Å². The summed E-state index contributed by atoms with van der Waals surface area (Å²) in [4.78, 5) is 37.1. The van der Waals surface area contributed by atoms with Crippen LogP contribution in [0.1, 0.15) is 65.7 Å². The van der Waals surface area contributed by atoms with Gasteiger partial charge in [0.25, 0.3) is 0 Å². The minimum Gasteiger partial charge on any atom is -0.458 e. The summed E-state index contributed by atoms with van der Waals surface area (Å²) >= 11 is 0. The Kier molecular flexibility index (Phi) is 3.75. The van der Waals surface area contributed by atoms with Gasteiger partial charge < -0.3 is 4.74 Å². The molecule has 4 rings (SSSR count). The summed E-state index contributed by atoms with van der Waals surface area (Å²) in [7, 11) is 0. The monoisotopic (exact) mass is 344 g/mol. The van der Waals surface area contributed by atoms with Gasteiger partial charge in [-0.2, -0.15) is 0 Å². The predicted molar refractivity (Wildman–Crippen MR) is 92.7 cm³/mol. The molecule has 4 heteroatoms. The van der Waals surface area contributed by atoms with Crippen molar-refractivity contribution >= 4 is 17.5 Å². The molecule has 0 aromatic rings. The summed E-state index contributed by atoms with van der Waals surface area (Å²) < 4.78 is 5.56. The molecule has 25 heavy (non-hydrogen) atoms. The van der Waals surface area contributed by atoms with Crippen molar-refractivity contribution in [2.45, 2.75) is 71.8 Å². The highest BCUT2D eigenvalue weighted by Gasteiger charge is 2.61. The number of fused-ring (bicyclic) bond motifs is 5. The summed E-state index contributed by atoms with van der Waals surface area (Å²) in [6.07, 6.45) is 7.72. The maximum absolute atomic E-state index is 13.1. The summed E-state index contributed by atoms with van der Waals surface area (Å²) in [5.41, 5.74) is 0.653. The normalized spacial score (nSPS) is 46.0. The molecule has 0 amide bonds. The van der Waals surface area contributed by atoms with Crippen molar-refractivity contribution in [2.75, 3.05) is 0 Å². The quantitative estimate of drug-likeness (QED) is 0.682. The van der Waals surface area contributed by atoms with Crippen molar-refractivity contribution in [3.63, 3.8) is 0 Å². The summed E-state index contributed by atoms with van der Waals surface area (Å²) in [6, 6.07) is 0. The first-order valence-corrected chi connectivity index (χ1v) is 9.74. The number of rotatable bonds is 1. The summed E-state index contributed by atoms with van der Waals surface area (Å²) in [5, 5.41) is 0.